The van der Waals surface area contributed by atoms with Gasteiger partial charge in [-0.3, -0.25) is 0 Å². The maximum atomic E-state index is 6.18. The molecule has 4 heteroatoms. The van der Waals surface area contributed by atoms with Gasteiger partial charge in [-0.25, -0.2) is 0 Å². The summed E-state index contributed by atoms with van der Waals surface area (Å²) in [6.45, 7) is 1.40. The number of rotatable bonds is 0. The van der Waals surface area contributed by atoms with Gasteiger partial charge in [-0.1, -0.05) is 11.6 Å². The third kappa shape index (κ3) is 1.59. The Kier molecular flexibility index (Phi) is 2.35. The van der Waals surface area contributed by atoms with Crippen molar-refractivity contribution in [3.8, 4) is 5.75 Å². The zero-order valence-electron chi connectivity index (χ0n) is 8.91. The van der Waals surface area contributed by atoms with Crippen LogP contribution >= 0.6 is 11.6 Å². The topological polar surface area (TPSA) is 44.5 Å². The molecule has 3 nitrogen and oxygen atoms in total. The first-order valence-corrected chi connectivity index (χ1v) is 5.88. The fourth-order valence-electron chi connectivity index (χ4n) is 2.52. The van der Waals surface area contributed by atoms with E-state index >= 15 is 0 Å². The second kappa shape index (κ2) is 3.62. The highest BCUT2D eigenvalue weighted by atomic mass is 35.5. The Morgan fingerprint density at radius 3 is 3.06 bits per heavy atom. The fourth-order valence-corrected chi connectivity index (χ4v) is 2.70. The zero-order valence-corrected chi connectivity index (χ0v) is 9.67. The zero-order chi connectivity index (χ0) is 11.2. The van der Waals surface area contributed by atoms with Gasteiger partial charge in [-0.15, -0.1) is 0 Å². The Hall–Kier alpha value is -0.770. The fraction of sp³-hybridized carbons (Fsp3) is 0.500. The minimum absolute atomic E-state index is 0.0100. The van der Waals surface area contributed by atoms with Gasteiger partial charge in [0.05, 0.1) is 13.2 Å². The van der Waals surface area contributed by atoms with Crippen molar-refractivity contribution < 1.29 is 9.47 Å². The Labute approximate surface area is 99.5 Å². The lowest BCUT2D eigenvalue weighted by atomic mass is 9.87. The van der Waals surface area contributed by atoms with Crippen LogP contribution in [-0.2, 0) is 4.74 Å². The molecular formula is C12H14ClNO2. The predicted molar refractivity (Wildman–Crippen MR) is 61.8 cm³/mol. The molecule has 0 bridgehead atoms. The largest absolute Gasteiger partial charge is 0.484 e. The number of halogens is 1. The van der Waals surface area contributed by atoms with Crippen molar-refractivity contribution >= 4 is 11.6 Å². The van der Waals surface area contributed by atoms with Crippen LogP contribution in [0.3, 0.4) is 0 Å². The average Bonchev–Trinajstić information content (AvgIpc) is 2.68. The molecule has 0 saturated carbocycles. The lowest BCUT2D eigenvalue weighted by Crippen LogP contribution is -2.43. The van der Waals surface area contributed by atoms with Gasteiger partial charge < -0.3 is 15.2 Å². The smallest absolute Gasteiger partial charge is 0.136 e. The van der Waals surface area contributed by atoms with Crippen molar-refractivity contribution in [2.45, 2.75) is 24.5 Å². The minimum atomic E-state index is -0.208. The van der Waals surface area contributed by atoms with E-state index in [1.165, 1.54) is 0 Å². The Morgan fingerprint density at radius 1 is 1.44 bits per heavy atom. The highest BCUT2D eigenvalue weighted by Gasteiger charge is 2.43. The van der Waals surface area contributed by atoms with Crippen LogP contribution < -0.4 is 10.5 Å². The van der Waals surface area contributed by atoms with Crippen molar-refractivity contribution in [3.63, 3.8) is 0 Å². The van der Waals surface area contributed by atoms with Crippen LogP contribution in [0.1, 0.15) is 24.4 Å². The number of hydrogen-bond donors (Lipinski definition) is 1. The highest BCUT2D eigenvalue weighted by Crippen LogP contribution is 2.42. The first kappa shape index (κ1) is 10.4. The molecule has 0 aliphatic carbocycles. The summed E-state index contributed by atoms with van der Waals surface area (Å²) in [5.41, 5.74) is 6.97. The van der Waals surface area contributed by atoms with Crippen molar-refractivity contribution in [2.75, 3.05) is 13.2 Å². The molecule has 0 amide bonds. The summed E-state index contributed by atoms with van der Waals surface area (Å²) in [6, 6.07) is 5.62. The van der Waals surface area contributed by atoms with Crippen LogP contribution in [0.5, 0.6) is 5.75 Å². The number of nitrogens with two attached hydrogens (primary N) is 1. The highest BCUT2D eigenvalue weighted by molar-refractivity contribution is 6.30. The minimum Gasteiger partial charge on any atom is -0.484 e. The SMILES string of the molecule is N[C@@H]1CC2(CCOC2)Oc2ccc(Cl)cc21. The Morgan fingerprint density at radius 2 is 2.31 bits per heavy atom. The molecule has 0 aromatic heterocycles. The first-order chi connectivity index (χ1) is 7.69. The molecule has 2 aliphatic heterocycles. The molecule has 2 N–H and O–H groups in total. The van der Waals surface area contributed by atoms with Crippen LogP contribution in [0.2, 0.25) is 5.02 Å². The van der Waals surface area contributed by atoms with Crippen LogP contribution in [-0.4, -0.2) is 18.8 Å². The third-order valence-corrected chi connectivity index (χ3v) is 3.59. The summed E-state index contributed by atoms with van der Waals surface area (Å²) in [4.78, 5) is 0. The molecule has 3 rings (SSSR count). The maximum Gasteiger partial charge on any atom is 0.136 e. The van der Waals surface area contributed by atoms with E-state index in [4.69, 9.17) is 26.8 Å². The second-order valence-corrected chi connectivity index (χ2v) is 5.02. The quantitative estimate of drug-likeness (QED) is 0.756. The van der Waals surface area contributed by atoms with Gasteiger partial charge in [-0.05, 0) is 18.2 Å². The summed E-state index contributed by atoms with van der Waals surface area (Å²) in [7, 11) is 0. The van der Waals surface area contributed by atoms with Crippen molar-refractivity contribution in [1.82, 2.24) is 0 Å². The molecule has 2 atom stereocenters. The number of fused-ring (bicyclic) bond motifs is 1. The van der Waals surface area contributed by atoms with E-state index in [9.17, 15) is 0 Å². The molecule has 2 aliphatic rings. The molecule has 86 valence electrons. The molecule has 1 spiro atoms. The van der Waals surface area contributed by atoms with Crippen LogP contribution in [0.25, 0.3) is 0 Å². The van der Waals surface area contributed by atoms with Gasteiger partial charge in [0.2, 0.25) is 0 Å². The molecule has 1 aromatic rings. The van der Waals surface area contributed by atoms with Gasteiger partial charge in [0.25, 0.3) is 0 Å². The van der Waals surface area contributed by atoms with E-state index in [0.29, 0.717) is 11.6 Å². The van der Waals surface area contributed by atoms with E-state index < -0.39 is 0 Å². The van der Waals surface area contributed by atoms with Crippen molar-refractivity contribution in [3.05, 3.63) is 28.8 Å². The summed E-state index contributed by atoms with van der Waals surface area (Å²) in [6.07, 6.45) is 1.73. The molecule has 1 saturated heterocycles. The Balaban J connectivity index is 1.99. The second-order valence-electron chi connectivity index (χ2n) is 4.58. The summed E-state index contributed by atoms with van der Waals surface area (Å²) in [5, 5.41) is 0.705. The van der Waals surface area contributed by atoms with Gasteiger partial charge in [0, 0.05) is 29.5 Å². The van der Waals surface area contributed by atoms with Gasteiger partial charge >= 0.3 is 0 Å². The maximum absolute atomic E-state index is 6.18. The average molecular weight is 240 g/mol. The van der Waals surface area contributed by atoms with Crippen LogP contribution in [0.4, 0.5) is 0 Å². The molecule has 2 heterocycles. The van der Waals surface area contributed by atoms with Gasteiger partial charge in [0.1, 0.15) is 11.4 Å². The Bertz CT molecular complexity index is 415. The summed E-state index contributed by atoms with van der Waals surface area (Å²) >= 11 is 5.96. The predicted octanol–water partition coefficient (Wildman–Crippen LogP) is 2.28. The van der Waals surface area contributed by atoms with Gasteiger partial charge in [-0.2, -0.15) is 0 Å². The number of ether oxygens (including phenoxy) is 2. The lowest BCUT2D eigenvalue weighted by Gasteiger charge is -2.37. The van der Waals surface area contributed by atoms with E-state index in [-0.39, 0.29) is 11.6 Å². The lowest BCUT2D eigenvalue weighted by molar-refractivity contribution is 0.0235. The molecule has 16 heavy (non-hydrogen) atoms. The molecule has 0 radical (unpaired) electrons. The first-order valence-electron chi connectivity index (χ1n) is 5.50. The number of hydrogen-bond acceptors (Lipinski definition) is 3. The van der Waals surface area contributed by atoms with Crippen LogP contribution in [0.15, 0.2) is 18.2 Å². The van der Waals surface area contributed by atoms with Crippen molar-refractivity contribution in [2.24, 2.45) is 5.73 Å². The van der Waals surface area contributed by atoms with E-state index in [0.717, 1.165) is 30.8 Å². The summed E-state index contributed by atoms with van der Waals surface area (Å²) < 4.78 is 11.5. The van der Waals surface area contributed by atoms with Crippen molar-refractivity contribution in [1.29, 1.82) is 0 Å². The molecule has 1 aromatic carbocycles. The third-order valence-electron chi connectivity index (χ3n) is 3.36. The van der Waals surface area contributed by atoms with E-state index in [1.807, 2.05) is 18.2 Å². The summed E-state index contributed by atoms with van der Waals surface area (Å²) in [5.74, 6) is 0.855. The number of benzene rings is 1. The van der Waals surface area contributed by atoms with Gasteiger partial charge in [0.15, 0.2) is 0 Å². The van der Waals surface area contributed by atoms with E-state index in [1.54, 1.807) is 0 Å². The standard InChI is InChI=1S/C12H14ClNO2/c13-8-1-2-11-9(5-8)10(14)6-12(16-11)3-4-15-7-12/h1-2,5,10H,3-4,6-7,14H2/t10-,12?/m1/s1. The monoisotopic (exact) mass is 239 g/mol. The normalized spacial score (nSPS) is 32.5. The van der Waals surface area contributed by atoms with E-state index in [2.05, 4.69) is 0 Å². The molecular weight excluding hydrogens is 226 g/mol. The molecule has 1 fully saturated rings. The molecule has 1 unspecified atom stereocenters. The van der Waals surface area contributed by atoms with Crippen LogP contribution in [0, 0.1) is 0 Å².